The van der Waals surface area contributed by atoms with Crippen molar-refractivity contribution in [2.45, 2.75) is 32.7 Å². The third kappa shape index (κ3) is 2.33. The van der Waals surface area contributed by atoms with Crippen molar-refractivity contribution < 1.29 is 0 Å². The molecule has 0 spiro atoms. The Morgan fingerprint density at radius 1 is 1.64 bits per heavy atom. The van der Waals surface area contributed by atoms with Gasteiger partial charge in [-0.1, -0.05) is 5.57 Å². The van der Waals surface area contributed by atoms with Gasteiger partial charge in [-0.25, -0.2) is 0 Å². The number of rotatable bonds is 2. The second kappa shape index (κ2) is 3.40. The van der Waals surface area contributed by atoms with Crippen molar-refractivity contribution in [1.29, 1.82) is 0 Å². The Hall–Kier alpha value is -0.300. The number of allylic oxidation sites excluding steroid dienone is 1. The Labute approximate surface area is 70.1 Å². The Kier molecular flexibility index (Phi) is 2.72. The molecule has 2 unspecified atom stereocenters. The van der Waals surface area contributed by atoms with Gasteiger partial charge in [-0.2, -0.15) is 0 Å². The molecule has 1 heterocycles. The van der Waals surface area contributed by atoms with Crippen LogP contribution >= 0.6 is 0 Å². The van der Waals surface area contributed by atoms with Gasteiger partial charge >= 0.3 is 0 Å². The fourth-order valence-corrected chi connectivity index (χ4v) is 1.96. The zero-order chi connectivity index (χ0) is 8.43. The molecule has 11 heavy (non-hydrogen) atoms. The second-order valence-electron chi connectivity index (χ2n) is 4.05. The number of hydrogen-bond donors (Lipinski definition) is 0. The van der Waals surface area contributed by atoms with Gasteiger partial charge in [-0.05, 0) is 39.7 Å². The van der Waals surface area contributed by atoms with E-state index in [2.05, 4.69) is 32.4 Å². The first-order valence-electron chi connectivity index (χ1n) is 4.44. The van der Waals surface area contributed by atoms with Crippen LogP contribution < -0.4 is 0 Å². The van der Waals surface area contributed by atoms with E-state index < -0.39 is 0 Å². The number of hydrogen-bond acceptors (Lipinski definition) is 1. The molecule has 0 N–H and O–H groups in total. The lowest BCUT2D eigenvalue weighted by atomic mass is 9.99. The van der Waals surface area contributed by atoms with Crippen molar-refractivity contribution in [2.75, 3.05) is 13.6 Å². The van der Waals surface area contributed by atoms with Gasteiger partial charge < -0.3 is 4.90 Å². The molecule has 0 aromatic rings. The maximum absolute atomic E-state index is 3.95. The normalized spacial score (nSPS) is 32.6. The van der Waals surface area contributed by atoms with Crippen molar-refractivity contribution in [3.63, 3.8) is 0 Å². The highest BCUT2D eigenvalue weighted by molar-refractivity contribution is 4.94. The van der Waals surface area contributed by atoms with Crippen LogP contribution in [0.3, 0.4) is 0 Å². The highest BCUT2D eigenvalue weighted by Crippen LogP contribution is 2.25. The molecule has 2 atom stereocenters. The molecule has 0 amide bonds. The minimum atomic E-state index is 0.777. The Morgan fingerprint density at radius 3 is 2.64 bits per heavy atom. The lowest BCUT2D eigenvalue weighted by Gasteiger charge is -2.12. The molecule has 1 saturated heterocycles. The summed E-state index contributed by atoms with van der Waals surface area (Å²) in [7, 11) is 2.21. The maximum Gasteiger partial charge on any atom is 0.00672 e. The first-order valence-corrected chi connectivity index (χ1v) is 4.44. The maximum atomic E-state index is 3.95. The average molecular weight is 153 g/mol. The molecule has 0 aliphatic carbocycles. The average Bonchev–Trinajstić information content (AvgIpc) is 2.10. The summed E-state index contributed by atoms with van der Waals surface area (Å²) in [5.41, 5.74) is 1.33. The fourth-order valence-electron chi connectivity index (χ4n) is 1.96. The zero-order valence-electron chi connectivity index (χ0n) is 7.93. The second-order valence-corrected chi connectivity index (χ2v) is 4.05. The quantitative estimate of drug-likeness (QED) is 0.550. The Bertz CT molecular complexity index is 141. The van der Waals surface area contributed by atoms with E-state index in [-0.39, 0.29) is 0 Å². The smallest absolute Gasteiger partial charge is 0.00672 e. The van der Waals surface area contributed by atoms with E-state index in [1.807, 2.05) is 0 Å². The van der Waals surface area contributed by atoms with Crippen LogP contribution in [-0.4, -0.2) is 24.5 Å². The lowest BCUT2D eigenvalue weighted by molar-refractivity contribution is 0.325. The summed E-state index contributed by atoms with van der Waals surface area (Å²) in [6, 6.07) is 0.777. The molecule has 0 aromatic heterocycles. The van der Waals surface area contributed by atoms with Crippen LogP contribution in [0.5, 0.6) is 0 Å². The summed E-state index contributed by atoms with van der Waals surface area (Å²) >= 11 is 0. The first-order chi connectivity index (χ1) is 5.09. The van der Waals surface area contributed by atoms with Gasteiger partial charge in [0, 0.05) is 12.6 Å². The predicted octanol–water partition coefficient (Wildman–Crippen LogP) is 2.29. The van der Waals surface area contributed by atoms with E-state index in [0.29, 0.717) is 0 Å². The molecule has 0 saturated carbocycles. The molecule has 1 rings (SSSR count). The molecule has 0 radical (unpaired) electrons. The van der Waals surface area contributed by atoms with Gasteiger partial charge in [0.15, 0.2) is 0 Å². The number of likely N-dealkylation sites (tertiary alicyclic amines) is 1. The fraction of sp³-hybridized carbons (Fsp3) is 0.800. The van der Waals surface area contributed by atoms with Crippen LogP contribution in [0.4, 0.5) is 0 Å². The third-order valence-corrected chi connectivity index (χ3v) is 2.61. The van der Waals surface area contributed by atoms with Crippen molar-refractivity contribution in [1.82, 2.24) is 4.90 Å². The van der Waals surface area contributed by atoms with E-state index in [4.69, 9.17) is 0 Å². The number of nitrogens with zero attached hydrogens (tertiary/aromatic N) is 1. The molecule has 1 heteroatoms. The lowest BCUT2D eigenvalue weighted by Crippen LogP contribution is -2.21. The monoisotopic (exact) mass is 153 g/mol. The van der Waals surface area contributed by atoms with Crippen LogP contribution in [0.15, 0.2) is 12.2 Å². The highest BCUT2D eigenvalue weighted by Gasteiger charge is 2.25. The molecule has 1 nitrogen and oxygen atoms in total. The van der Waals surface area contributed by atoms with Crippen molar-refractivity contribution in [3.05, 3.63) is 12.2 Å². The van der Waals surface area contributed by atoms with Gasteiger partial charge in [-0.15, -0.1) is 6.58 Å². The summed E-state index contributed by atoms with van der Waals surface area (Å²) < 4.78 is 0. The van der Waals surface area contributed by atoms with Crippen LogP contribution in [-0.2, 0) is 0 Å². The highest BCUT2D eigenvalue weighted by atomic mass is 15.1. The molecular weight excluding hydrogens is 134 g/mol. The van der Waals surface area contributed by atoms with E-state index in [9.17, 15) is 0 Å². The van der Waals surface area contributed by atoms with E-state index in [0.717, 1.165) is 12.0 Å². The van der Waals surface area contributed by atoms with Crippen molar-refractivity contribution in [3.8, 4) is 0 Å². The van der Waals surface area contributed by atoms with E-state index >= 15 is 0 Å². The van der Waals surface area contributed by atoms with Crippen LogP contribution in [0.25, 0.3) is 0 Å². The van der Waals surface area contributed by atoms with Gasteiger partial charge in [-0.3, -0.25) is 0 Å². The SMILES string of the molecule is C=C(C)CC1CC(C)N(C)C1. The summed E-state index contributed by atoms with van der Waals surface area (Å²) in [6.07, 6.45) is 2.57. The topological polar surface area (TPSA) is 3.24 Å². The Morgan fingerprint density at radius 2 is 2.27 bits per heavy atom. The van der Waals surface area contributed by atoms with Crippen LogP contribution in [0.1, 0.15) is 26.7 Å². The summed E-state index contributed by atoms with van der Waals surface area (Å²) in [5, 5.41) is 0. The van der Waals surface area contributed by atoms with Crippen LogP contribution in [0.2, 0.25) is 0 Å². The standard InChI is InChI=1S/C10H19N/c1-8(2)5-10-6-9(3)11(4)7-10/h9-10H,1,5-7H2,2-4H3. The molecule has 0 bridgehead atoms. The third-order valence-electron chi connectivity index (χ3n) is 2.61. The molecule has 1 fully saturated rings. The summed E-state index contributed by atoms with van der Waals surface area (Å²) in [5.74, 6) is 0.868. The molecule has 64 valence electrons. The van der Waals surface area contributed by atoms with Gasteiger partial charge in [0.1, 0.15) is 0 Å². The molecule has 1 aliphatic rings. The minimum absolute atomic E-state index is 0.777. The largest absolute Gasteiger partial charge is 0.303 e. The van der Waals surface area contributed by atoms with Crippen molar-refractivity contribution in [2.24, 2.45) is 5.92 Å². The van der Waals surface area contributed by atoms with Gasteiger partial charge in [0.05, 0.1) is 0 Å². The Balaban J connectivity index is 2.35. The summed E-state index contributed by atoms with van der Waals surface area (Å²) in [6.45, 7) is 9.64. The molecule has 0 aromatic carbocycles. The zero-order valence-corrected chi connectivity index (χ0v) is 7.93. The predicted molar refractivity (Wildman–Crippen MR) is 49.6 cm³/mol. The van der Waals surface area contributed by atoms with Crippen LogP contribution in [0, 0.1) is 5.92 Å². The van der Waals surface area contributed by atoms with E-state index in [1.165, 1.54) is 25.0 Å². The van der Waals surface area contributed by atoms with Gasteiger partial charge in [0.25, 0.3) is 0 Å². The van der Waals surface area contributed by atoms with E-state index in [1.54, 1.807) is 0 Å². The molecule has 1 aliphatic heterocycles. The minimum Gasteiger partial charge on any atom is -0.303 e. The molecular formula is C10H19N. The van der Waals surface area contributed by atoms with Crippen molar-refractivity contribution >= 4 is 0 Å². The van der Waals surface area contributed by atoms with Gasteiger partial charge in [0.2, 0.25) is 0 Å². The first kappa shape index (κ1) is 8.79. The summed E-state index contributed by atoms with van der Waals surface area (Å²) in [4.78, 5) is 2.44.